The van der Waals surface area contributed by atoms with Crippen LogP contribution in [0.2, 0.25) is 0 Å². The maximum atomic E-state index is 13.2. The minimum Gasteiger partial charge on any atom is -0.393 e. The topological polar surface area (TPSA) is 93.6 Å². The van der Waals surface area contributed by atoms with Gasteiger partial charge in [0.2, 0.25) is 0 Å². The number of anilines is 1. The monoisotopic (exact) mass is 524 g/mol. The van der Waals surface area contributed by atoms with Gasteiger partial charge in [-0.15, -0.1) is 0 Å². The van der Waals surface area contributed by atoms with Gasteiger partial charge in [-0.2, -0.15) is 0 Å². The summed E-state index contributed by atoms with van der Waals surface area (Å²) in [5, 5.41) is 17.4. The van der Waals surface area contributed by atoms with Gasteiger partial charge in [0.1, 0.15) is 11.5 Å². The van der Waals surface area contributed by atoms with Crippen molar-refractivity contribution in [1.29, 1.82) is 0 Å². The smallest absolute Gasteiger partial charge is 0.270 e. The number of hydrogen-bond acceptors (Lipinski definition) is 7. The molecule has 38 heavy (non-hydrogen) atoms. The normalized spacial score (nSPS) is 23.4. The highest BCUT2D eigenvalue weighted by atomic mass is 16.3. The lowest BCUT2D eigenvalue weighted by molar-refractivity contribution is 0.0907. The highest BCUT2D eigenvalue weighted by Gasteiger charge is 2.24. The molecule has 1 saturated carbocycles. The minimum atomic E-state index is -0.0979. The van der Waals surface area contributed by atoms with Crippen LogP contribution in [0.4, 0.5) is 5.82 Å². The Morgan fingerprint density at radius 3 is 2.34 bits per heavy atom. The number of nitrogens with one attached hydrogen (secondary N) is 2. The van der Waals surface area contributed by atoms with Gasteiger partial charge >= 0.3 is 0 Å². The maximum Gasteiger partial charge on any atom is 0.270 e. The van der Waals surface area contributed by atoms with E-state index in [4.69, 9.17) is 4.98 Å². The number of likely N-dealkylation sites (tertiary alicyclic amines) is 1. The van der Waals surface area contributed by atoms with Gasteiger partial charge in [0, 0.05) is 62.9 Å². The summed E-state index contributed by atoms with van der Waals surface area (Å²) in [7, 11) is 0. The molecule has 4 heterocycles. The number of hydrogen-bond donors (Lipinski definition) is 3. The van der Waals surface area contributed by atoms with Crippen molar-refractivity contribution in [3.05, 3.63) is 30.1 Å². The first-order valence-electron chi connectivity index (χ1n) is 15.1. The molecular formula is C30H48N6O2. The first kappa shape index (κ1) is 28.7. The summed E-state index contributed by atoms with van der Waals surface area (Å²) >= 11 is 0. The number of fused-ring (bicyclic) bond motifs is 1. The number of carbonyl (C=O) groups is 1. The Balaban J connectivity index is 0.00000164. The van der Waals surface area contributed by atoms with Gasteiger partial charge in [-0.1, -0.05) is 26.7 Å². The van der Waals surface area contributed by atoms with Crippen molar-refractivity contribution in [2.45, 2.75) is 96.2 Å². The van der Waals surface area contributed by atoms with E-state index in [9.17, 15) is 9.90 Å². The van der Waals surface area contributed by atoms with Crippen molar-refractivity contribution in [2.75, 3.05) is 44.2 Å². The van der Waals surface area contributed by atoms with Gasteiger partial charge in [-0.05, 0) is 69.6 Å². The fourth-order valence-electron chi connectivity index (χ4n) is 5.96. The summed E-state index contributed by atoms with van der Waals surface area (Å²) in [5.74, 6) is 0.912. The summed E-state index contributed by atoms with van der Waals surface area (Å²) < 4.78 is 0. The largest absolute Gasteiger partial charge is 0.393 e. The second-order valence-electron chi connectivity index (χ2n) is 10.8. The number of pyridine rings is 2. The summed E-state index contributed by atoms with van der Waals surface area (Å²) in [6, 6.07) is 6.72. The molecule has 2 aliphatic heterocycles. The average molecular weight is 525 g/mol. The van der Waals surface area contributed by atoms with Crippen molar-refractivity contribution in [1.82, 2.24) is 25.5 Å². The zero-order valence-corrected chi connectivity index (χ0v) is 23.5. The molecule has 210 valence electrons. The second-order valence-corrected chi connectivity index (χ2v) is 10.8. The van der Waals surface area contributed by atoms with E-state index < -0.39 is 0 Å². The van der Waals surface area contributed by atoms with Gasteiger partial charge in [0.15, 0.2) is 0 Å². The van der Waals surface area contributed by atoms with Gasteiger partial charge in [0.05, 0.1) is 11.6 Å². The van der Waals surface area contributed by atoms with E-state index in [-0.39, 0.29) is 18.1 Å². The van der Waals surface area contributed by atoms with Gasteiger partial charge in [-0.3, -0.25) is 9.78 Å². The standard InChI is InChI=1S/C28H42N6O2.C2H6/c35-23-7-5-21(6-8-23)29-15-20-33-18-12-22(13-19-33)31-28(36)27-24-9-10-26(32-25(24)11-14-30-27)34-16-3-1-2-4-17-34;1-2/h9-11,14,21-23,29,35H,1-8,12-13,15-20H2,(H,31,36);1-2H3. The lowest BCUT2D eigenvalue weighted by Gasteiger charge is -2.33. The molecule has 1 aliphatic carbocycles. The molecule has 0 spiro atoms. The Bertz CT molecular complexity index is 993. The van der Waals surface area contributed by atoms with Crippen LogP contribution in [-0.4, -0.2) is 83.3 Å². The molecule has 0 radical (unpaired) electrons. The zero-order chi connectivity index (χ0) is 26.7. The van der Waals surface area contributed by atoms with Crippen LogP contribution in [0.5, 0.6) is 0 Å². The number of aliphatic hydroxyl groups excluding tert-OH is 1. The van der Waals surface area contributed by atoms with Crippen LogP contribution in [0.15, 0.2) is 24.4 Å². The highest BCUT2D eigenvalue weighted by Crippen LogP contribution is 2.23. The highest BCUT2D eigenvalue weighted by molar-refractivity contribution is 6.04. The fraction of sp³-hybridized carbons (Fsp3) is 0.700. The number of nitrogens with zero attached hydrogens (tertiary/aromatic N) is 4. The lowest BCUT2D eigenvalue weighted by Crippen LogP contribution is -2.47. The lowest BCUT2D eigenvalue weighted by atomic mass is 9.93. The first-order chi connectivity index (χ1) is 18.7. The van der Waals surface area contributed by atoms with Crippen LogP contribution in [0.1, 0.15) is 88.5 Å². The Labute approximate surface area is 228 Å². The summed E-state index contributed by atoms with van der Waals surface area (Å²) in [4.78, 5) is 27.3. The molecule has 0 unspecified atom stereocenters. The molecule has 3 N–H and O–H groups in total. The van der Waals surface area contributed by atoms with E-state index in [1.807, 2.05) is 32.0 Å². The Hall–Kier alpha value is -2.29. The number of amides is 1. The van der Waals surface area contributed by atoms with E-state index in [1.165, 1.54) is 25.7 Å². The Kier molecular flexibility index (Phi) is 11.1. The molecule has 3 aliphatic rings. The van der Waals surface area contributed by atoms with E-state index >= 15 is 0 Å². The molecule has 2 saturated heterocycles. The molecule has 0 aromatic carbocycles. The van der Waals surface area contributed by atoms with Crippen LogP contribution in [0.25, 0.3) is 10.9 Å². The predicted octanol–water partition coefficient (Wildman–Crippen LogP) is 4.12. The maximum absolute atomic E-state index is 13.2. The number of aromatic nitrogens is 2. The number of aliphatic hydroxyl groups is 1. The van der Waals surface area contributed by atoms with Crippen molar-refractivity contribution in [3.8, 4) is 0 Å². The third-order valence-electron chi connectivity index (χ3n) is 8.23. The van der Waals surface area contributed by atoms with Gasteiger partial charge in [-0.25, -0.2) is 4.98 Å². The minimum absolute atomic E-state index is 0.0930. The molecule has 3 fully saturated rings. The SMILES string of the molecule is CC.O=C(NC1CCN(CCNC2CCC(O)CC2)CC1)c1nccc2nc(N3CCCCCC3)ccc12. The third kappa shape index (κ3) is 7.87. The first-order valence-corrected chi connectivity index (χ1v) is 15.1. The molecular weight excluding hydrogens is 476 g/mol. The van der Waals surface area contributed by atoms with E-state index in [0.29, 0.717) is 11.7 Å². The summed E-state index contributed by atoms with van der Waals surface area (Å²) in [6.07, 6.45) is 12.5. The van der Waals surface area contributed by atoms with Crippen LogP contribution in [0.3, 0.4) is 0 Å². The number of carbonyl (C=O) groups excluding carboxylic acids is 1. The zero-order valence-electron chi connectivity index (χ0n) is 23.5. The van der Waals surface area contributed by atoms with Crippen molar-refractivity contribution >= 4 is 22.6 Å². The van der Waals surface area contributed by atoms with Gasteiger partial charge < -0.3 is 25.5 Å². The molecule has 8 heteroatoms. The molecule has 8 nitrogen and oxygen atoms in total. The van der Waals surface area contributed by atoms with Gasteiger partial charge in [0.25, 0.3) is 5.91 Å². The van der Waals surface area contributed by atoms with Crippen LogP contribution in [0, 0.1) is 0 Å². The summed E-state index contributed by atoms with van der Waals surface area (Å²) in [6.45, 7) is 10.1. The van der Waals surface area contributed by atoms with Crippen LogP contribution in [-0.2, 0) is 0 Å². The Morgan fingerprint density at radius 1 is 0.921 bits per heavy atom. The predicted molar refractivity (Wildman–Crippen MR) is 155 cm³/mol. The molecule has 0 atom stereocenters. The quantitative estimate of drug-likeness (QED) is 0.502. The van der Waals surface area contributed by atoms with E-state index in [1.54, 1.807) is 6.20 Å². The second kappa shape index (κ2) is 14.8. The third-order valence-corrected chi connectivity index (χ3v) is 8.23. The van der Waals surface area contributed by atoms with Crippen molar-refractivity contribution in [2.24, 2.45) is 0 Å². The molecule has 2 aromatic rings. The Morgan fingerprint density at radius 2 is 1.63 bits per heavy atom. The molecule has 2 aromatic heterocycles. The number of piperidine rings is 1. The number of rotatable bonds is 7. The van der Waals surface area contributed by atoms with Crippen LogP contribution < -0.4 is 15.5 Å². The van der Waals surface area contributed by atoms with E-state index in [0.717, 1.165) is 94.5 Å². The van der Waals surface area contributed by atoms with E-state index in [2.05, 4.69) is 25.4 Å². The van der Waals surface area contributed by atoms with Crippen molar-refractivity contribution in [3.63, 3.8) is 0 Å². The average Bonchev–Trinajstić information content (AvgIpc) is 3.25. The van der Waals surface area contributed by atoms with Crippen molar-refractivity contribution < 1.29 is 9.90 Å². The summed E-state index contributed by atoms with van der Waals surface area (Å²) in [5.41, 5.74) is 1.32. The molecule has 1 amide bonds. The fourth-order valence-corrected chi connectivity index (χ4v) is 5.96. The molecule has 0 bridgehead atoms. The van der Waals surface area contributed by atoms with Crippen LogP contribution >= 0.6 is 0 Å². The molecule has 5 rings (SSSR count).